The summed E-state index contributed by atoms with van der Waals surface area (Å²) in [4.78, 5) is 52.1. The number of aromatic hydroxyl groups is 2. The lowest BCUT2D eigenvalue weighted by molar-refractivity contribution is -0.124. The first-order valence-electron chi connectivity index (χ1n) is 11.7. The fourth-order valence-electron chi connectivity index (χ4n) is 4.93. The van der Waals surface area contributed by atoms with Gasteiger partial charge in [-0.25, -0.2) is 0 Å². The number of ether oxygens (including phenoxy) is 1. The van der Waals surface area contributed by atoms with Crippen LogP contribution < -0.4 is 15.4 Å². The molecule has 0 fully saturated rings. The number of ketones is 3. The third-order valence-corrected chi connectivity index (χ3v) is 7.00. The average molecular weight is 505 g/mol. The van der Waals surface area contributed by atoms with Crippen LogP contribution in [0.1, 0.15) is 47.8 Å². The third-order valence-electron chi connectivity index (χ3n) is 7.00. The van der Waals surface area contributed by atoms with Crippen molar-refractivity contribution in [3.8, 4) is 17.2 Å². The molecule has 0 saturated carbocycles. The predicted molar refractivity (Wildman–Crippen MR) is 134 cm³/mol. The Bertz CT molecular complexity index is 1420. The van der Waals surface area contributed by atoms with E-state index in [2.05, 4.69) is 10.6 Å². The first-order chi connectivity index (χ1) is 17.4. The number of Topliss-reactive ketones (excluding diaryl/α,β-unsaturated/α-hetero) is 2. The summed E-state index contributed by atoms with van der Waals surface area (Å²) in [5.74, 6) is -3.21. The van der Waals surface area contributed by atoms with Crippen LogP contribution in [0.25, 0.3) is 0 Å². The molecule has 0 radical (unpaired) electrons. The van der Waals surface area contributed by atoms with Gasteiger partial charge in [0.2, 0.25) is 5.91 Å². The number of hydrogen-bond acceptors (Lipinski definition) is 8. The number of benzene rings is 2. The van der Waals surface area contributed by atoms with Gasteiger partial charge in [0.1, 0.15) is 40.0 Å². The van der Waals surface area contributed by atoms with Crippen molar-refractivity contribution in [2.45, 2.75) is 45.6 Å². The van der Waals surface area contributed by atoms with Crippen LogP contribution in [-0.2, 0) is 26.2 Å². The molecule has 1 aliphatic heterocycles. The van der Waals surface area contributed by atoms with Crippen LogP contribution >= 0.6 is 0 Å². The summed E-state index contributed by atoms with van der Waals surface area (Å²) in [6.07, 6.45) is 1.45. The molecule has 2 atom stereocenters. The summed E-state index contributed by atoms with van der Waals surface area (Å²) in [6, 6.07) is 8.52. The second-order valence-corrected chi connectivity index (χ2v) is 9.39. The lowest BCUT2D eigenvalue weighted by Crippen LogP contribution is -2.46. The lowest BCUT2D eigenvalue weighted by atomic mass is 9.70. The Labute approximate surface area is 213 Å². The van der Waals surface area contributed by atoms with Crippen molar-refractivity contribution in [3.63, 3.8) is 0 Å². The molecule has 9 heteroatoms. The molecular weight excluding hydrogens is 476 g/mol. The number of carbonyl (C=O) groups excluding carboxylic acids is 4. The van der Waals surface area contributed by atoms with E-state index in [9.17, 15) is 29.4 Å². The van der Waals surface area contributed by atoms with Crippen LogP contribution in [0.15, 0.2) is 53.4 Å². The molecule has 4 rings (SSSR count). The number of allylic oxidation sites excluding steroid dienone is 4. The van der Waals surface area contributed by atoms with E-state index in [0.717, 1.165) is 11.6 Å². The molecule has 2 aliphatic rings. The number of phenolic OH excluding ortho intramolecular Hbond substituents is 2. The highest BCUT2D eigenvalue weighted by Crippen LogP contribution is 2.57. The first kappa shape index (κ1) is 25.7. The number of fused-ring (bicyclic) bond motifs is 3. The highest BCUT2D eigenvalue weighted by atomic mass is 16.5. The fourth-order valence-corrected chi connectivity index (χ4v) is 4.93. The third kappa shape index (κ3) is 3.96. The molecule has 2 aromatic carbocycles. The molecule has 0 aromatic heterocycles. The number of amides is 1. The number of phenols is 2. The van der Waals surface area contributed by atoms with Crippen molar-refractivity contribution in [2.24, 2.45) is 0 Å². The van der Waals surface area contributed by atoms with Gasteiger partial charge in [-0.1, -0.05) is 30.3 Å². The summed E-state index contributed by atoms with van der Waals surface area (Å²) >= 11 is 0. The van der Waals surface area contributed by atoms with Crippen molar-refractivity contribution in [3.05, 3.63) is 75.7 Å². The monoisotopic (exact) mass is 504 g/mol. The van der Waals surface area contributed by atoms with Gasteiger partial charge in [-0.2, -0.15) is 0 Å². The molecule has 37 heavy (non-hydrogen) atoms. The number of likely N-dealkylation sites (N-methyl/N-ethyl adjacent to an activating group) is 1. The Morgan fingerprint density at radius 3 is 2.32 bits per heavy atom. The van der Waals surface area contributed by atoms with E-state index in [1.165, 1.54) is 34.7 Å². The van der Waals surface area contributed by atoms with Gasteiger partial charge in [0.25, 0.3) is 0 Å². The van der Waals surface area contributed by atoms with Crippen LogP contribution in [0.2, 0.25) is 0 Å². The normalized spacial score (nSPS) is 20.3. The van der Waals surface area contributed by atoms with Gasteiger partial charge >= 0.3 is 0 Å². The van der Waals surface area contributed by atoms with Gasteiger partial charge in [-0.3, -0.25) is 19.2 Å². The van der Waals surface area contributed by atoms with Crippen LogP contribution in [0.5, 0.6) is 17.2 Å². The maximum atomic E-state index is 14.0. The van der Waals surface area contributed by atoms with E-state index in [1.54, 1.807) is 0 Å². The van der Waals surface area contributed by atoms with Crippen LogP contribution in [0.3, 0.4) is 0 Å². The molecule has 9 nitrogen and oxygen atoms in total. The SMILES string of the molecule is CNC(=O)[C@H](Cc1ccccc1)NC(C)=C1C(=O)C=C2Oc3c(C(C)=O)c(O)c(C)c(O)c3[C@@]2(C)C1=O. The summed E-state index contributed by atoms with van der Waals surface area (Å²) in [6.45, 7) is 5.68. The zero-order chi connectivity index (χ0) is 27.2. The minimum atomic E-state index is -1.63. The highest BCUT2D eigenvalue weighted by Gasteiger charge is 2.56. The van der Waals surface area contributed by atoms with Crippen LogP contribution in [0, 0.1) is 6.92 Å². The van der Waals surface area contributed by atoms with E-state index < -0.39 is 40.3 Å². The smallest absolute Gasteiger partial charge is 0.242 e. The topological polar surface area (TPSA) is 142 Å². The summed E-state index contributed by atoms with van der Waals surface area (Å²) in [5.41, 5.74) is -0.907. The minimum Gasteiger partial charge on any atom is -0.507 e. The van der Waals surface area contributed by atoms with E-state index in [-0.39, 0.29) is 45.4 Å². The van der Waals surface area contributed by atoms with Gasteiger partial charge in [-0.15, -0.1) is 0 Å². The van der Waals surface area contributed by atoms with E-state index in [1.807, 2.05) is 30.3 Å². The zero-order valence-corrected chi connectivity index (χ0v) is 21.2. The number of nitrogens with one attached hydrogen (secondary N) is 2. The second-order valence-electron chi connectivity index (χ2n) is 9.39. The van der Waals surface area contributed by atoms with E-state index in [4.69, 9.17) is 4.74 Å². The fraction of sp³-hybridized carbons (Fsp3) is 0.286. The standard InChI is InChI=1S/C28H28N2O7/c1-13-23(33)21(15(3)31)25-22(24(13)34)28(4)19(37-25)12-18(32)20(26(28)35)14(2)30-17(27(36)29-5)11-16-9-7-6-8-10-16/h6-10,12,17,30,33-34H,11H2,1-5H3,(H,29,36)/t17-,28-/m0/s1. The Balaban J connectivity index is 1.82. The van der Waals surface area contributed by atoms with Gasteiger partial charge in [-0.05, 0) is 33.3 Å². The molecule has 0 saturated heterocycles. The van der Waals surface area contributed by atoms with Gasteiger partial charge < -0.3 is 25.6 Å². The number of carbonyl (C=O) groups is 4. The van der Waals surface area contributed by atoms with Crippen LogP contribution in [-0.4, -0.2) is 46.6 Å². The molecular formula is C28H28N2O7. The number of rotatable bonds is 6. The van der Waals surface area contributed by atoms with Crippen LogP contribution in [0.4, 0.5) is 0 Å². The quantitative estimate of drug-likeness (QED) is 0.267. The molecule has 0 bridgehead atoms. The second kappa shape index (κ2) is 9.24. The molecule has 2 aromatic rings. The summed E-state index contributed by atoms with van der Waals surface area (Å²) < 4.78 is 5.78. The van der Waals surface area contributed by atoms with Gasteiger partial charge in [0.15, 0.2) is 17.3 Å². The summed E-state index contributed by atoms with van der Waals surface area (Å²) in [5, 5.41) is 27.1. The molecule has 0 unspecified atom stereocenters. The molecule has 1 amide bonds. The average Bonchev–Trinajstić information content (AvgIpc) is 3.15. The Kier molecular flexibility index (Phi) is 6.41. The lowest BCUT2D eigenvalue weighted by Gasteiger charge is -2.29. The molecule has 1 heterocycles. The van der Waals surface area contributed by atoms with Gasteiger partial charge in [0, 0.05) is 30.8 Å². The Morgan fingerprint density at radius 1 is 1.08 bits per heavy atom. The highest BCUT2D eigenvalue weighted by molar-refractivity contribution is 6.31. The molecule has 4 N–H and O–H groups in total. The zero-order valence-electron chi connectivity index (χ0n) is 21.2. The molecule has 0 spiro atoms. The number of hydrogen-bond donors (Lipinski definition) is 4. The Morgan fingerprint density at radius 2 is 1.73 bits per heavy atom. The first-order valence-corrected chi connectivity index (χ1v) is 11.7. The molecule has 192 valence electrons. The largest absolute Gasteiger partial charge is 0.507 e. The Hall–Kier alpha value is -4.40. The summed E-state index contributed by atoms with van der Waals surface area (Å²) in [7, 11) is 1.50. The predicted octanol–water partition coefficient (Wildman–Crippen LogP) is 2.52. The van der Waals surface area contributed by atoms with Crippen molar-refractivity contribution in [1.29, 1.82) is 0 Å². The molecule has 1 aliphatic carbocycles. The van der Waals surface area contributed by atoms with Crippen molar-refractivity contribution >= 4 is 23.3 Å². The van der Waals surface area contributed by atoms with Gasteiger partial charge in [0.05, 0.1) is 11.1 Å². The maximum Gasteiger partial charge on any atom is 0.242 e. The van der Waals surface area contributed by atoms with Crippen molar-refractivity contribution in [1.82, 2.24) is 10.6 Å². The minimum absolute atomic E-state index is 0.00851. The van der Waals surface area contributed by atoms with Crippen molar-refractivity contribution < 1.29 is 34.1 Å². The van der Waals surface area contributed by atoms with E-state index >= 15 is 0 Å². The van der Waals surface area contributed by atoms with Crippen molar-refractivity contribution in [2.75, 3.05) is 7.05 Å². The van der Waals surface area contributed by atoms with E-state index in [0.29, 0.717) is 6.42 Å². The maximum absolute atomic E-state index is 14.0.